The lowest BCUT2D eigenvalue weighted by molar-refractivity contribution is -0.00000546. The molecule has 0 saturated carbocycles. The summed E-state index contributed by atoms with van der Waals surface area (Å²) in [5, 5.41) is 5.43. The summed E-state index contributed by atoms with van der Waals surface area (Å²) in [6.07, 6.45) is 1.81. The van der Waals surface area contributed by atoms with Gasteiger partial charge in [-0.25, -0.2) is 0 Å². The fourth-order valence-corrected chi connectivity index (χ4v) is 2.94. The summed E-state index contributed by atoms with van der Waals surface area (Å²) in [7, 11) is 1.67. The number of benzene rings is 1. The van der Waals surface area contributed by atoms with E-state index in [0.29, 0.717) is 6.61 Å². The molecule has 0 spiro atoms. The van der Waals surface area contributed by atoms with Crippen molar-refractivity contribution in [3.05, 3.63) is 76.2 Å². The Balaban J connectivity index is 0.00000225. The second-order valence-corrected chi connectivity index (χ2v) is 6.31. The Morgan fingerprint density at radius 2 is 1.96 bits per heavy atom. The molecule has 132 valence electrons. The Morgan fingerprint density at radius 3 is 2.68 bits per heavy atom. The quantitative estimate of drug-likeness (QED) is 0.638. The molecule has 6 heteroatoms. The number of aromatic nitrogens is 1. The van der Waals surface area contributed by atoms with Crippen molar-refractivity contribution in [2.45, 2.75) is 19.7 Å². The van der Waals surface area contributed by atoms with Crippen molar-refractivity contribution in [1.82, 2.24) is 10.3 Å². The number of halogens is 1. The van der Waals surface area contributed by atoms with E-state index in [1.165, 1.54) is 4.88 Å². The average molecular weight is 376 g/mol. The summed E-state index contributed by atoms with van der Waals surface area (Å²) in [5.74, 6) is 1.52. The monoisotopic (exact) mass is 375 g/mol. The smallest absolute Gasteiger partial charge is 0.161 e. The van der Waals surface area contributed by atoms with Gasteiger partial charge in [-0.3, -0.25) is 4.98 Å². The number of hydrogen-bond donors (Lipinski definition) is 1. The first kappa shape index (κ1) is 19.2. The van der Waals surface area contributed by atoms with Crippen molar-refractivity contribution >= 4 is 11.3 Å². The second-order valence-electron chi connectivity index (χ2n) is 5.28. The summed E-state index contributed by atoms with van der Waals surface area (Å²) in [5.41, 5.74) is 2.17. The predicted molar refractivity (Wildman–Crippen MR) is 96.4 cm³/mol. The molecule has 3 rings (SSSR count). The molecule has 0 aliphatic heterocycles. The molecular weight excluding hydrogens is 356 g/mol. The Hall–Kier alpha value is -2.08. The SMILES string of the molecule is COc1cc(CNCc2ccccn2)ccc1OCc1cccs1.[Cl-]. The molecule has 0 amide bonds. The highest BCUT2D eigenvalue weighted by Gasteiger charge is 2.07. The van der Waals surface area contributed by atoms with Crippen LogP contribution in [0.4, 0.5) is 0 Å². The van der Waals surface area contributed by atoms with Gasteiger partial charge in [0.2, 0.25) is 0 Å². The Kier molecular flexibility index (Phi) is 7.73. The lowest BCUT2D eigenvalue weighted by Gasteiger charge is -2.12. The number of hydrogen-bond acceptors (Lipinski definition) is 5. The molecule has 25 heavy (non-hydrogen) atoms. The molecule has 0 aliphatic carbocycles. The highest BCUT2D eigenvalue weighted by Crippen LogP contribution is 2.29. The van der Waals surface area contributed by atoms with Crippen molar-refractivity contribution < 1.29 is 21.9 Å². The largest absolute Gasteiger partial charge is 1.00 e. The van der Waals surface area contributed by atoms with E-state index >= 15 is 0 Å². The summed E-state index contributed by atoms with van der Waals surface area (Å²) >= 11 is 1.69. The van der Waals surface area contributed by atoms with Gasteiger partial charge in [-0.15, -0.1) is 11.3 Å². The minimum absolute atomic E-state index is 0. The predicted octanol–water partition coefficient (Wildman–Crippen LogP) is 1.02. The zero-order chi connectivity index (χ0) is 16.6. The van der Waals surface area contributed by atoms with Crippen LogP contribution in [0, 0.1) is 0 Å². The molecular formula is C19H20ClN2O2S-. The molecule has 0 aliphatic rings. The van der Waals surface area contributed by atoms with Gasteiger partial charge in [0.05, 0.1) is 12.8 Å². The van der Waals surface area contributed by atoms with Crippen LogP contribution >= 0.6 is 11.3 Å². The second kappa shape index (κ2) is 10.0. The Morgan fingerprint density at radius 1 is 1.04 bits per heavy atom. The molecule has 1 N–H and O–H groups in total. The number of nitrogens with zero attached hydrogens (tertiary/aromatic N) is 1. The standard InChI is InChI=1S/C19H20N2O2S.ClH/c1-22-19-11-15(12-20-13-16-5-2-3-9-21-16)7-8-18(19)23-14-17-6-4-10-24-17;/h2-11,20H,12-14H2,1H3;1H/p-1. The van der Waals surface area contributed by atoms with Gasteiger partial charge < -0.3 is 27.2 Å². The van der Waals surface area contributed by atoms with E-state index in [1.54, 1.807) is 24.6 Å². The minimum Gasteiger partial charge on any atom is -1.00 e. The first-order valence-electron chi connectivity index (χ1n) is 7.78. The summed E-state index contributed by atoms with van der Waals surface area (Å²) < 4.78 is 11.3. The maximum absolute atomic E-state index is 5.86. The Labute approximate surface area is 158 Å². The van der Waals surface area contributed by atoms with Crippen LogP contribution in [0.15, 0.2) is 60.1 Å². The first-order valence-corrected chi connectivity index (χ1v) is 8.66. The van der Waals surface area contributed by atoms with Gasteiger partial charge in [0.25, 0.3) is 0 Å². The topological polar surface area (TPSA) is 43.4 Å². The van der Waals surface area contributed by atoms with Crippen LogP contribution in [0.1, 0.15) is 16.1 Å². The first-order chi connectivity index (χ1) is 11.8. The average Bonchev–Trinajstić information content (AvgIpc) is 3.15. The summed E-state index contributed by atoms with van der Waals surface area (Å²) in [4.78, 5) is 5.49. The van der Waals surface area contributed by atoms with Gasteiger partial charge >= 0.3 is 0 Å². The maximum Gasteiger partial charge on any atom is 0.161 e. The fourth-order valence-electron chi connectivity index (χ4n) is 2.32. The van der Waals surface area contributed by atoms with Gasteiger partial charge in [-0.05, 0) is 41.3 Å². The minimum atomic E-state index is 0. The maximum atomic E-state index is 5.86. The summed E-state index contributed by atoms with van der Waals surface area (Å²) in [6, 6.07) is 16.0. The molecule has 1 aromatic carbocycles. The zero-order valence-corrected chi connectivity index (χ0v) is 15.5. The molecule has 3 aromatic rings. The molecule has 4 nitrogen and oxygen atoms in total. The molecule has 0 atom stereocenters. The fraction of sp³-hybridized carbons (Fsp3) is 0.211. The van der Waals surface area contributed by atoms with E-state index in [1.807, 2.05) is 41.8 Å². The number of pyridine rings is 1. The van der Waals surface area contributed by atoms with E-state index in [0.717, 1.165) is 35.8 Å². The third-order valence-electron chi connectivity index (χ3n) is 3.54. The van der Waals surface area contributed by atoms with Gasteiger partial charge in [0, 0.05) is 24.2 Å². The van der Waals surface area contributed by atoms with Gasteiger partial charge in [0.15, 0.2) is 11.5 Å². The normalized spacial score (nSPS) is 10.1. The van der Waals surface area contributed by atoms with Crippen molar-refractivity contribution in [2.24, 2.45) is 0 Å². The molecule has 0 fully saturated rings. The van der Waals surface area contributed by atoms with Crippen LogP contribution in [0.25, 0.3) is 0 Å². The number of methoxy groups -OCH3 is 1. The Bertz CT molecular complexity index is 751. The lowest BCUT2D eigenvalue weighted by Crippen LogP contribution is -3.00. The van der Waals surface area contributed by atoms with E-state index in [9.17, 15) is 0 Å². The van der Waals surface area contributed by atoms with E-state index in [-0.39, 0.29) is 12.4 Å². The van der Waals surface area contributed by atoms with Crippen molar-refractivity contribution in [3.63, 3.8) is 0 Å². The van der Waals surface area contributed by atoms with Gasteiger partial charge in [-0.1, -0.05) is 18.2 Å². The third kappa shape index (κ3) is 5.74. The van der Waals surface area contributed by atoms with Crippen LogP contribution in [0.5, 0.6) is 11.5 Å². The van der Waals surface area contributed by atoms with Crippen molar-refractivity contribution in [2.75, 3.05) is 7.11 Å². The van der Waals surface area contributed by atoms with E-state index in [2.05, 4.69) is 22.4 Å². The summed E-state index contributed by atoms with van der Waals surface area (Å²) in [6.45, 7) is 2.04. The van der Waals surface area contributed by atoms with Gasteiger partial charge in [0.1, 0.15) is 6.61 Å². The van der Waals surface area contributed by atoms with E-state index < -0.39 is 0 Å². The van der Waals surface area contributed by atoms with E-state index in [4.69, 9.17) is 9.47 Å². The number of nitrogens with one attached hydrogen (secondary N) is 1. The van der Waals surface area contributed by atoms with Crippen LogP contribution in [0.3, 0.4) is 0 Å². The molecule has 2 heterocycles. The third-order valence-corrected chi connectivity index (χ3v) is 4.39. The van der Waals surface area contributed by atoms with Crippen molar-refractivity contribution in [1.29, 1.82) is 0 Å². The number of ether oxygens (including phenoxy) is 2. The molecule has 0 unspecified atom stereocenters. The molecule has 0 saturated heterocycles. The van der Waals surface area contributed by atoms with Crippen LogP contribution in [-0.2, 0) is 19.7 Å². The highest BCUT2D eigenvalue weighted by molar-refractivity contribution is 7.09. The van der Waals surface area contributed by atoms with Crippen LogP contribution < -0.4 is 27.2 Å². The number of thiophene rings is 1. The molecule has 0 bridgehead atoms. The molecule has 0 radical (unpaired) electrons. The van der Waals surface area contributed by atoms with Crippen molar-refractivity contribution in [3.8, 4) is 11.5 Å². The van der Waals surface area contributed by atoms with Gasteiger partial charge in [-0.2, -0.15) is 0 Å². The van der Waals surface area contributed by atoms with Crippen LogP contribution in [-0.4, -0.2) is 12.1 Å². The highest BCUT2D eigenvalue weighted by atomic mass is 35.5. The number of rotatable bonds is 8. The molecule has 2 aromatic heterocycles. The van der Waals surface area contributed by atoms with Crippen LogP contribution in [0.2, 0.25) is 0 Å². The zero-order valence-electron chi connectivity index (χ0n) is 13.9. The lowest BCUT2D eigenvalue weighted by atomic mass is 10.2.